The first-order chi connectivity index (χ1) is 13.8. The maximum absolute atomic E-state index is 12.2. The molecule has 0 atom stereocenters. The molecule has 0 radical (unpaired) electrons. The number of halogens is 3. The molecule has 0 spiro atoms. The first-order valence-electron chi connectivity index (χ1n) is 9.53. The van der Waals surface area contributed by atoms with Crippen LogP contribution >= 0.6 is 0 Å². The lowest BCUT2D eigenvalue weighted by Gasteiger charge is -2.12. The van der Waals surface area contributed by atoms with Gasteiger partial charge in [-0.05, 0) is 30.5 Å². The van der Waals surface area contributed by atoms with Crippen molar-refractivity contribution in [2.24, 2.45) is 4.99 Å². The highest BCUT2D eigenvalue weighted by molar-refractivity contribution is 5.79. The number of alkyl halides is 3. The highest BCUT2D eigenvalue weighted by atomic mass is 19.4. The fourth-order valence-corrected chi connectivity index (χ4v) is 2.76. The third-order valence-electron chi connectivity index (χ3n) is 4.42. The Labute approximate surface area is 168 Å². The number of aliphatic imine (C=N–C) groups is 1. The van der Waals surface area contributed by atoms with Gasteiger partial charge in [-0.3, -0.25) is 4.99 Å². The van der Waals surface area contributed by atoms with Gasteiger partial charge < -0.3 is 19.9 Å². The zero-order valence-electron chi connectivity index (χ0n) is 16.8. The molecule has 0 unspecified atom stereocenters. The quantitative estimate of drug-likeness (QED) is 0.472. The second-order valence-corrected chi connectivity index (χ2v) is 6.56. The van der Waals surface area contributed by atoms with E-state index in [1.165, 1.54) is 12.1 Å². The standard InChI is InChI=1S/C20H27F3N4O2/c1-4-15(5-2)18-10-17(29-27-18)12-26-19(24-3)25-11-14-6-8-16(9-7-14)28-13-20(21,22)23/h6-10,15H,4-5,11-13H2,1-3H3,(H2,24,25,26). The molecule has 1 aromatic carbocycles. The van der Waals surface area contributed by atoms with E-state index < -0.39 is 12.8 Å². The van der Waals surface area contributed by atoms with Crippen LogP contribution in [0, 0.1) is 0 Å². The molecule has 9 heteroatoms. The average Bonchev–Trinajstić information content (AvgIpc) is 3.16. The van der Waals surface area contributed by atoms with Crippen molar-refractivity contribution in [3.05, 3.63) is 47.3 Å². The van der Waals surface area contributed by atoms with Crippen molar-refractivity contribution >= 4 is 5.96 Å². The van der Waals surface area contributed by atoms with Crippen LogP contribution in [0.2, 0.25) is 0 Å². The number of guanidine groups is 1. The van der Waals surface area contributed by atoms with Gasteiger partial charge in [0, 0.05) is 25.6 Å². The molecule has 0 fully saturated rings. The van der Waals surface area contributed by atoms with E-state index >= 15 is 0 Å². The van der Waals surface area contributed by atoms with Gasteiger partial charge in [0.25, 0.3) is 0 Å². The van der Waals surface area contributed by atoms with E-state index in [0.29, 0.717) is 25.0 Å². The monoisotopic (exact) mass is 412 g/mol. The lowest BCUT2D eigenvalue weighted by atomic mass is 9.99. The first kappa shape index (κ1) is 22.6. The Hall–Kier alpha value is -2.71. The van der Waals surface area contributed by atoms with Crippen LogP contribution < -0.4 is 15.4 Å². The number of hydrogen-bond donors (Lipinski definition) is 2. The molecule has 2 N–H and O–H groups in total. The molecule has 0 aliphatic carbocycles. The molecule has 0 saturated carbocycles. The highest BCUT2D eigenvalue weighted by Gasteiger charge is 2.28. The maximum atomic E-state index is 12.2. The zero-order valence-corrected chi connectivity index (χ0v) is 16.8. The highest BCUT2D eigenvalue weighted by Crippen LogP contribution is 2.22. The first-order valence-corrected chi connectivity index (χ1v) is 9.53. The fourth-order valence-electron chi connectivity index (χ4n) is 2.76. The molecule has 2 rings (SSSR count). The van der Waals surface area contributed by atoms with E-state index in [9.17, 15) is 13.2 Å². The minimum atomic E-state index is -4.35. The minimum Gasteiger partial charge on any atom is -0.484 e. The Morgan fingerprint density at radius 2 is 1.79 bits per heavy atom. The summed E-state index contributed by atoms with van der Waals surface area (Å²) in [5.74, 6) is 1.86. The number of rotatable bonds is 9. The second-order valence-electron chi connectivity index (χ2n) is 6.56. The Kier molecular flexibility index (Phi) is 8.35. The summed E-state index contributed by atoms with van der Waals surface area (Å²) in [4.78, 5) is 4.15. The van der Waals surface area contributed by atoms with Crippen molar-refractivity contribution in [2.75, 3.05) is 13.7 Å². The number of hydrogen-bond acceptors (Lipinski definition) is 4. The van der Waals surface area contributed by atoms with E-state index in [-0.39, 0.29) is 5.75 Å². The molecule has 0 bridgehead atoms. The smallest absolute Gasteiger partial charge is 0.422 e. The molecule has 2 aromatic rings. The van der Waals surface area contributed by atoms with Gasteiger partial charge in [-0.2, -0.15) is 13.2 Å². The summed E-state index contributed by atoms with van der Waals surface area (Å²) in [6, 6.07) is 8.37. The molecule has 0 aliphatic heterocycles. The molecule has 1 heterocycles. The van der Waals surface area contributed by atoms with Crippen LogP contribution in [0.5, 0.6) is 5.75 Å². The van der Waals surface area contributed by atoms with E-state index in [0.717, 1.165) is 29.9 Å². The van der Waals surface area contributed by atoms with Crippen LogP contribution in [0.25, 0.3) is 0 Å². The third-order valence-corrected chi connectivity index (χ3v) is 4.42. The van der Waals surface area contributed by atoms with Crippen molar-refractivity contribution < 1.29 is 22.4 Å². The Morgan fingerprint density at radius 3 is 2.38 bits per heavy atom. The average molecular weight is 412 g/mol. The normalized spacial score (nSPS) is 12.3. The Bertz CT molecular complexity index is 769. The van der Waals surface area contributed by atoms with Gasteiger partial charge in [0.05, 0.1) is 12.2 Å². The van der Waals surface area contributed by atoms with Crippen LogP contribution in [0.3, 0.4) is 0 Å². The van der Waals surface area contributed by atoms with Crippen molar-refractivity contribution in [1.29, 1.82) is 0 Å². The van der Waals surface area contributed by atoms with Gasteiger partial charge in [-0.15, -0.1) is 0 Å². The molecule has 29 heavy (non-hydrogen) atoms. The van der Waals surface area contributed by atoms with E-state index in [4.69, 9.17) is 9.26 Å². The molecule has 0 saturated heterocycles. The molecule has 0 aliphatic rings. The van der Waals surface area contributed by atoms with Crippen LogP contribution in [-0.4, -0.2) is 30.9 Å². The van der Waals surface area contributed by atoms with Gasteiger partial charge >= 0.3 is 6.18 Å². The predicted molar refractivity (Wildman–Crippen MR) is 105 cm³/mol. The lowest BCUT2D eigenvalue weighted by molar-refractivity contribution is -0.153. The number of nitrogens with zero attached hydrogens (tertiary/aromatic N) is 2. The van der Waals surface area contributed by atoms with Gasteiger partial charge in [0.1, 0.15) is 5.75 Å². The molecule has 0 amide bonds. The van der Waals surface area contributed by atoms with Gasteiger partial charge in [0.2, 0.25) is 0 Å². The van der Waals surface area contributed by atoms with E-state index in [1.807, 2.05) is 6.07 Å². The largest absolute Gasteiger partial charge is 0.484 e. The Morgan fingerprint density at radius 1 is 1.14 bits per heavy atom. The summed E-state index contributed by atoms with van der Waals surface area (Å²) in [5, 5.41) is 10.4. The molecular formula is C20H27F3N4O2. The van der Waals surface area contributed by atoms with Crippen molar-refractivity contribution in [1.82, 2.24) is 15.8 Å². The summed E-state index contributed by atoms with van der Waals surface area (Å²) < 4.78 is 46.6. The van der Waals surface area contributed by atoms with Gasteiger partial charge in [-0.1, -0.05) is 31.1 Å². The molecule has 6 nitrogen and oxygen atoms in total. The summed E-state index contributed by atoms with van der Waals surface area (Å²) in [5.41, 5.74) is 1.84. The minimum absolute atomic E-state index is 0.173. The van der Waals surface area contributed by atoms with Crippen LogP contribution in [0.4, 0.5) is 13.2 Å². The van der Waals surface area contributed by atoms with Crippen molar-refractivity contribution in [3.63, 3.8) is 0 Å². The lowest BCUT2D eigenvalue weighted by Crippen LogP contribution is -2.36. The molecular weight excluding hydrogens is 385 g/mol. The van der Waals surface area contributed by atoms with Crippen LogP contribution in [0.15, 0.2) is 39.8 Å². The number of ether oxygens (including phenoxy) is 1. The molecule has 160 valence electrons. The SMILES string of the molecule is CCC(CC)c1cc(CNC(=NC)NCc2ccc(OCC(F)(F)F)cc2)on1. The van der Waals surface area contributed by atoms with Crippen molar-refractivity contribution in [3.8, 4) is 5.75 Å². The number of aromatic nitrogens is 1. The number of benzene rings is 1. The predicted octanol–water partition coefficient (Wildman–Crippen LogP) is 4.38. The van der Waals surface area contributed by atoms with Crippen molar-refractivity contribution in [2.45, 2.75) is 51.9 Å². The van der Waals surface area contributed by atoms with Crippen LogP contribution in [0.1, 0.15) is 49.6 Å². The summed E-state index contributed by atoms with van der Waals surface area (Å²) in [6.45, 7) is 3.84. The maximum Gasteiger partial charge on any atom is 0.422 e. The topological polar surface area (TPSA) is 71.7 Å². The Balaban J connectivity index is 1.80. The van der Waals surface area contributed by atoms with Gasteiger partial charge in [-0.25, -0.2) is 0 Å². The van der Waals surface area contributed by atoms with Crippen LogP contribution in [-0.2, 0) is 13.1 Å². The third kappa shape index (κ3) is 7.67. The van der Waals surface area contributed by atoms with E-state index in [1.54, 1.807) is 19.2 Å². The fraction of sp³-hybridized carbons (Fsp3) is 0.500. The summed E-state index contributed by atoms with van der Waals surface area (Å²) >= 11 is 0. The molecule has 1 aromatic heterocycles. The second kappa shape index (κ2) is 10.7. The zero-order chi connectivity index (χ0) is 21.3. The summed E-state index contributed by atoms with van der Waals surface area (Å²) in [6.07, 6.45) is -2.32. The van der Waals surface area contributed by atoms with E-state index in [2.05, 4.69) is 34.6 Å². The number of nitrogens with one attached hydrogen (secondary N) is 2. The van der Waals surface area contributed by atoms with Gasteiger partial charge in [0.15, 0.2) is 18.3 Å². The summed E-state index contributed by atoms with van der Waals surface area (Å²) in [7, 11) is 1.65.